The highest BCUT2D eigenvalue weighted by molar-refractivity contribution is 7.89. The first-order valence-electron chi connectivity index (χ1n) is 6.72. The summed E-state index contributed by atoms with van der Waals surface area (Å²) in [5, 5.41) is 10.2. The van der Waals surface area contributed by atoms with Crippen molar-refractivity contribution in [3.05, 3.63) is 51.2 Å². The normalized spacial score (nSPS) is 19.5. The highest BCUT2D eigenvalue weighted by Gasteiger charge is 2.33. The standard InChI is InChI=1S/C15H17NO3S2/c1-10-3-5-12(6-4-10)21(18,19)16-8-14(17)13-7-11(2)20-15(13)9-16/h3-7,14,17H,8-9H2,1-2H3. The molecule has 1 atom stereocenters. The Kier molecular flexibility index (Phi) is 3.65. The Morgan fingerprint density at radius 1 is 1.24 bits per heavy atom. The summed E-state index contributed by atoms with van der Waals surface area (Å²) < 4.78 is 26.7. The number of fused-ring (bicyclic) bond motifs is 1. The predicted octanol–water partition coefficient (Wildman–Crippen LogP) is 2.60. The van der Waals surface area contributed by atoms with Gasteiger partial charge < -0.3 is 5.11 Å². The van der Waals surface area contributed by atoms with E-state index in [4.69, 9.17) is 0 Å². The Morgan fingerprint density at radius 2 is 1.90 bits per heavy atom. The quantitative estimate of drug-likeness (QED) is 0.924. The summed E-state index contributed by atoms with van der Waals surface area (Å²) in [6, 6.07) is 8.75. The third-order valence-corrected chi connectivity index (χ3v) is 6.56. The van der Waals surface area contributed by atoms with Crippen LogP contribution in [-0.2, 0) is 16.6 Å². The van der Waals surface area contributed by atoms with Gasteiger partial charge in [0, 0.05) is 22.8 Å². The van der Waals surface area contributed by atoms with Gasteiger partial charge in [0.2, 0.25) is 10.0 Å². The van der Waals surface area contributed by atoms with E-state index >= 15 is 0 Å². The number of aliphatic hydroxyl groups excluding tert-OH is 1. The van der Waals surface area contributed by atoms with E-state index in [2.05, 4.69) is 0 Å². The summed E-state index contributed by atoms with van der Waals surface area (Å²) in [5.41, 5.74) is 1.89. The summed E-state index contributed by atoms with van der Waals surface area (Å²) in [5.74, 6) is 0. The van der Waals surface area contributed by atoms with Crippen molar-refractivity contribution in [1.29, 1.82) is 0 Å². The second-order valence-electron chi connectivity index (χ2n) is 5.36. The van der Waals surface area contributed by atoms with Crippen LogP contribution in [0.3, 0.4) is 0 Å². The van der Waals surface area contributed by atoms with Gasteiger partial charge in [-0.3, -0.25) is 0 Å². The largest absolute Gasteiger partial charge is 0.387 e. The number of thiophene rings is 1. The first-order valence-corrected chi connectivity index (χ1v) is 8.97. The molecule has 4 nitrogen and oxygen atoms in total. The number of hydrogen-bond acceptors (Lipinski definition) is 4. The fourth-order valence-electron chi connectivity index (χ4n) is 2.55. The highest BCUT2D eigenvalue weighted by Crippen LogP contribution is 2.35. The Morgan fingerprint density at radius 3 is 2.57 bits per heavy atom. The van der Waals surface area contributed by atoms with Crippen molar-refractivity contribution in [2.45, 2.75) is 31.4 Å². The van der Waals surface area contributed by atoms with E-state index in [1.807, 2.05) is 19.9 Å². The number of nitrogens with zero attached hydrogens (tertiary/aromatic N) is 1. The van der Waals surface area contributed by atoms with Crippen LogP contribution in [0.25, 0.3) is 0 Å². The first kappa shape index (κ1) is 14.7. The van der Waals surface area contributed by atoms with Gasteiger partial charge in [-0.1, -0.05) is 17.7 Å². The molecule has 6 heteroatoms. The molecule has 0 radical (unpaired) electrons. The minimum absolute atomic E-state index is 0.110. The van der Waals surface area contributed by atoms with Crippen LogP contribution < -0.4 is 0 Å². The number of aliphatic hydroxyl groups is 1. The Hall–Kier alpha value is -1.21. The van der Waals surface area contributed by atoms with Crippen LogP contribution in [0.2, 0.25) is 0 Å². The summed E-state index contributed by atoms with van der Waals surface area (Å²) in [6.45, 7) is 4.33. The summed E-state index contributed by atoms with van der Waals surface area (Å²) >= 11 is 1.55. The molecule has 2 aromatic rings. The van der Waals surface area contributed by atoms with Crippen molar-refractivity contribution in [3.8, 4) is 0 Å². The third kappa shape index (κ3) is 2.64. The van der Waals surface area contributed by atoms with Crippen LogP contribution in [0, 0.1) is 13.8 Å². The molecule has 2 heterocycles. The predicted molar refractivity (Wildman–Crippen MR) is 82.8 cm³/mol. The van der Waals surface area contributed by atoms with Gasteiger partial charge in [-0.15, -0.1) is 11.3 Å². The fourth-order valence-corrected chi connectivity index (χ4v) is 5.15. The van der Waals surface area contributed by atoms with Crippen molar-refractivity contribution >= 4 is 21.4 Å². The topological polar surface area (TPSA) is 57.6 Å². The van der Waals surface area contributed by atoms with Crippen molar-refractivity contribution in [3.63, 3.8) is 0 Å². The van der Waals surface area contributed by atoms with Gasteiger partial charge in [0.05, 0.1) is 11.0 Å². The molecule has 0 fully saturated rings. The SMILES string of the molecule is Cc1ccc(S(=O)(=O)N2Cc3sc(C)cc3C(O)C2)cc1. The van der Waals surface area contributed by atoms with Crippen molar-refractivity contribution in [1.82, 2.24) is 4.31 Å². The van der Waals surface area contributed by atoms with E-state index < -0.39 is 16.1 Å². The van der Waals surface area contributed by atoms with Gasteiger partial charge >= 0.3 is 0 Å². The van der Waals surface area contributed by atoms with E-state index in [1.54, 1.807) is 35.6 Å². The van der Waals surface area contributed by atoms with Gasteiger partial charge in [-0.25, -0.2) is 8.42 Å². The lowest BCUT2D eigenvalue weighted by Gasteiger charge is -2.29. The molecule has 0 aliphatic carbocycles. The molecular formula is C15H17NO3S2. The lowest BCUT2D eigenvalue weighted by atomic mass is 10.1. The van der Waals surface area contributed by atoms with Gasteiger partial charge in [0.1, 0.15) is 0 Å². The monoisotopic (exact) mass is 323 g/mol. The minimum atomic E-state index is -3.57. The lowest BCUT2D eigenvalue weighted by molar-refractivity contribution is 0.133. The van der Waals surface area contributed by atoms with Gasteiger partial charge in [0.25, 0.3) is 0 Å². The molecule has 112 valence electrons. The van der Waals surface area contributed by atoms with Gasteiger partial charge in [-0.05, 0) is 37.6 Å². The van der Waals surface area contributed by atoms with Crippen LogP contribution in [0.1, 0.15) is 27.0 Å². The second kappa shape index (κ2) is 5.21. The molecule has 0 bridgehead atoms. The van der Waals surface area contributed by atoms with E-state index in [0.717, 1.165) is 20.9 Å². The molecule has 1 aromatic heterocycles. The molecule has 1 aliphatic rings. The average molecular weight is 323 g/mol. The molecule has 0 amide bonds. The Labute approximate surface area is 128 Å². The van der Waals surface area contributed by atoms with Crippen molar-refractivity contribution in [2.24, 2.45) is 0 Å². The van der Waals surface area contributed by atoms with Crippen LogP contribution in [0.5, 0.6) is 0 Å². The minimum Gasteiger partial charge on any atom is -0.387 e. The summed E-state index contributed by atoms with van der Waals surface area (Å²) in [4.78, 5) is 2.30. The van der Waals surface area contributed by atoms with E-state index in [1.165, 1.54) is 4.31 Å². The molecule has 0 saturated carbocycles. The maximum absolute atomic E-state index is 12.7. The van der Waals surface area contributed by atoms with Crippen LogP contribution >= 0.6 is 11.3 Å². The Balaban J connectivity index is 1.96. The van der Waals surface area contributed by atoms with Crippen LogP contribution in [0.4, 0.5) is 0 Å². The number of hydrogen-bond donors (Lipinski definition) is 1. The van der Waals surface area contributed by atoms with Crippen LogP contribution in [0.15, 0.2) is 35.2 Å². The van der Waals surface area contributed by atoms with E-state index in [-0.39, 0.29) is 11.4 Å². The third-order valence-electron chi connectivity index (χ3n) is 3.68. The molecule has 1 aliphatic heterocycles. The first-order chi connectivity index (χ1) is 9.88. The van der Waals surface area contributed by atoms with Gasteiger partial charge in [-0.2, -0.15) is 4.31 Å². The number of β-amino-alcohol motifs (C(OH)–C–C–N with tert-alkyl or cyclic N) is 1. The molecule has 0 spiro atoms. The number of aryl methyl sites for hydroxylation is 2. The van der Waals surface area contributed by atoms with Crippen molar-refractivity contribution in [2.75, 3.05) is 6.54 Å². The summed E-state index contributed by atoms with van der Waals surface area (Å²) in [6.07, 6.45) is -0.751. The van der Waals surface area contributed by atoms with Gasteiger partial charge in [0.15, 0.2) is 0 Å². The van der Waals surface area contributed by atoms with E-state index in [9.17, 15) is 13.5 Å². The second-order valence-corrected chi connectivity index (χ2v) is 8.64. The molecule has 0 saturated heterocycles. The average Bonchev–Trinajstić information content (AvgIpc) is 2.80. The molecule has 1 unspecified atom stereocenters. The molecular weight excluding hydrogens is 306 g/mol. The lowest BCUT2D eigenvalue weighted by Crippen LogP contribution is -2.37. The van der Waals surface area contributed by atoms with E-state index in [0.29, 0.717) is 6.54 Å². The number of benzene rings is 1. The Bertz CT molecular complexity index is 763. The maximum atomic E-state index is 12.7. The number of rotatable bonds is 2. The molecule has 3 rings (SSSR count). The maximum Gasteiger partial charge on any atom is 0.243 e. The molecule has 1 aromatic carbocycles. The summed E-state index contributed by atoms with van der Waals surface area (Å²) in [7, 11) is -3.57. The van der Waals surface area contributed by atoms with Crippen LogP contribution in [-0.4, -0.2) is 24.4 Å². The smallest absolute Gasteiger partial charge is 0.243 e. The number of sulfonamides is 1. The zero-order valence-corrected chi connectivity index (χ0v) is 13.5. The zero-order chi connectivity index (χ0) is 15.2. The van der Waals surface area contributed by atoms with Crippen molar-refractivity contribution < 1.29 is 13.5 Å². The fraction of sp³-hybridized carbons (Fsp3) is 0.333. The molecule has 1 N–H and O–H groups in total. The zero-order valence-electron chi connectivity index (χ0n) is 11.9. The molecule has 21 heavy (non-hydrogen) atoms. The highest BCUT2D eigenvalue weighted by atomic mass is 32.2.